The van der Waals surface area contributed by atoms with Gasteiger partial charge in [0.2, 0.25) is 0 Å². The number of halogens is 1. The molecule has 4 aromatic rings. The summed E-state index contributed by atoms with van der Waals surface area (Å²) in [6.07, 6.45) is 0.689. The molecule has 0 spiro atoms. The number of benzene rings is 3. The van der Waals surface area contributed by atoms with Crippen molar-refractivity contribution < 1.29 is 9.53 Å². The van der Waals surface area contributed by atoms with Gasteiger partial charge in [0.05, 0.1) is 29.7 Å². The van der Waals surface area contributed by atoms with E-state index in [-0.39, 0.29) is 5.97 Å². The zero-order valence-electron chi connectivity index (χ0n) is 16.1. The summed E-state index contributed by atoms with van der Waals surface area (Å²) in [6, 6.07) is 23.5. The number of hydrogen-bond donors (Lipinski definition) is 0. The second-order valence-electron chi connectivity index (χ2n) is 6.79. The van der Waals surface area contributed by atoms with E-state index in [1.54, 1.807) is 13.0 Å². The first-order chi connectivity index (χ1) is 14.2. The van der Waals surface area contributed by atoms with Gasteiger partial charge in [-0.25, -0.2) is 9.78 Å². The lowest BCUT2D eigenvalue weighted by Crippen LogP contribution is -2.08. The highest BCUT2D eigenvalue weighted by Gasteiger charge is 2.16. The Kier molecular flexibility index (Phi) is 5.63. The van der Waals surface area contributed by atoms with Crippen LogP contribution in [0.3, 0.4) is 0 Å². The quantitative estimate of drug-likeness (QED) is 0.398. The Labute approximate surface area is 174 Å². The minimum atomic E-state index is -0.329. The van der Waals surface area contributed by atoms with E-state index in [0.717, 1.165) is 22.4 Å². The van der Waals surface area contributed by atoms with E-state index in [2.05, 4.69) is 16.7 Å². The minimum Gasteiger partial charge on any atom is -0.462 e. The number of hydrogen-bond acceptors (Lipinski definition) is 3. The van der Waals surface area contributed by atoms with E-state index >= 15 is 0 Å². The fourth-order valence-corrected chi connectivity index (χ4v) is 3.60. The number of fused-ring (bicyclic) bond motifs is 1. The lowest BCUT2D eigenvalue weighted by atomic mass is 10.1. The molecule has 4 nitrogen and oxygen atoms in total. The molecule has 0 aliphatic carbocycles. The molecule has 3 aromatic carbocycles. The van der Waals surface area contributed by atoms with Crippen LogP contribution in [0.5, 0.6) is 0 Å². The van der Waals surface area contributed by atoms with Gasteiger partial charge in [0.25, 0.3) is 0 Å². The molecule has 0 atom stereocenters. The van der Waals surface area contributed by atoms with Crippen molar-refractivity contribution in [1.82, 2.24) is 9.55 Å². The maximum Gasteiger partial charge on any atom is 0.338 e. The number of imidazole rings is 1. The van der Waals surface area contributed by atoms with Crippen molar-refractivity contribution >= 4 is 28.6 Å². The number of rotatable bonds is 6. The smallest absolute Gasteiger partial charge is 0.338 e. The third kappa shape index (κ3) is 4.17. The number of ether oxygens (including phenoxy) is 1. The highest BCUT2D eigenvalue weighted by Crippen LogP contribution is 2.24. The molecule has 0 amide bonds. The summed E-state index contributed by atoms with van der Waals surface area (Å²) in [5.74, 6) is 0.594. The molecule has 0 aliphatic heterocycles. The molecular weight excluding hydrogens is 384 g/mol. The number of esters is 1. The molecule has 0 fully saturated rings. The van der Waals surface area contributed by atoms with Gasteiger partial charge < -0.3 is 9.30 Å². The lowest BCUT2D eigenvalue weighted by Gasteiger charge is -2.11. The molecule has 0 radical (unpaired) electrons. The van der Waals surface area contributed by atoms with Gasteiger partial charge in [0.1, 0.15) is 5.82 Å². The molecule has 5 heteroatoms. The Morgan fingerprint density at radius 2 is 1.79 bits per heavy atom. The van der Waals surface area contributed by atoms with Crippen LogP contribution in [0.25, 0.3) is 11.0 Å². The van der Waals surface area contributed by atoms with Crippen LogP contribution in [0.2, 0.25) is 5.02 Å². The molecule has 29 heavy (non-hydrogen) atoms. The Balaban J connectivity index is 1.82. The van der Waals surface area contributed by atoms with E-state index in [1.807, 2.05) is 54.6 Å². The second kappa shape index (κ2) is 8.50. The molecule has 4 rings (SSSR count). The molecule has 0 saturated heterocycles. The first-order valence-corrected chi connectivity index (χ1v) is 9.97. The van der Waals surface area contributed by atoms with Gasteiger partial charge in [-0.3, -0.25) is 0 Å². The standard InChI is InChI=1S/C24H21ClN2O2/c1-2-29-24(28)18-12-13-21-22(15-18)27(16-19-10-6-7-11-20(19)25)23(26-21)14-17-8-4-3-5-9-17/h3-13,15H,2,14,16H2,1H3. The predicted octanol–water partition coefficient (Wildman–Crippen LogP) is 5.51. The first kappa shape index (κ1) is 19.2. The maximum atomic E-state index is 12.2. The minimum absolute atomic E-state index is 0.329. The summed E-state index contributed by atoms with van der Waals surface area (Å²) in [4.78, 5) is 17.1. The van der Waals surface area contributed by atoms with Crippen LogP contribution in [-0.2, 0) is 17.7 Å². The largest absolute Gasteiger partial charge is 0.462 e. The molecule has 0 bridgehead atoms. The first-order valence-electron chi connectivity index (χ1n) is 9.59. The van der Waals surface area contributed by atoms with E-state index in [4.69, 9.17) is 21.3 Å². The molecule has 0 N–H and O–H groups in total. The second-order valence-corrected chi connectivity index (χ2v) is 7.20. The van der Waals surface area contributed by atoms with Crippen molar-refractivity contribution in [2.45, 2.75) is 19.9 Å². The van der Waals surface area contributed by atoms with Crippen molar-refractivity contribution in [1.29, 1.82) is 0 Å². The van der Waals surface area contributed by atoms with Gasteiger partial charge in [-0.2, -0.15) is 0 Å². The van der Waals surface area contributed by atoms with Gasteiger partial charge in [0, 0.05) is 11.4 Å². The van der Waals surface area contributed by atoms with Crippen LogP contribution >= 0.6 is 11.6 Å². The van der Waals surface area contributed by atoms with Crippen molar-refractivity contribution in [3.05, 3.63) is 100 Å². The zero-order chi connectivity index (χ0) is 20.2. The lowest BCUT2D eigenvalue weighted by molar-refractivity contribution is 0.0526. The summed E-state index contributed by atoms with van der Waals surface area (Å²) >= 11 is 6.42. The highest BCUT2D eigenvalue weighted by atomic mass is 35.5. The molecule has 146 valence electrons. The normalized spacial score (nSPS) is 11.0. The summed E-state index contributed by atoms with van der Waals surface area (Å²) in [6.45, 7) is 2.72. The van der Waals surface area contributed by atoms with Gasteiger partial charge in [-0.05, 0) is 42.3 Å². The number of aromatic nitrogens is 2. The fraction of sp³-hybridized carbons (Fsp3) is 0.167. The van der Waals surface area contributed by atoms with E-state index in [9.17, 15) is 4.79 Å². The Hall–Kier alpha value is -3.11. The highest BCUT2D eigenvalue weighted by molar-refractivity contribution is 6.31. The number of nitrogens with zero attached hydrogens (tertiary/aromatic N) is 2. The average molecular weight is 405 g/mol. The molecule has 0 saturated carbocycles. The summed E-state index contributed by atoms with van der Waals surface area (Å²) in [7, 11) is 0. The monoisotopic (exact) mass is 404 g/mol. The molecule has 1 aromatic heterocycles. The van der Waals surface area contributed by atoms with Crippen molar-refractivity contribution in [3.8, 4) is 0 Å². The van der Waals surface area contributed by atoms with Crippen LogP contribution < -0.4 is 0 Å². The van der Waals surface area contributed by atoms with Gasteiger partial charge in [-0.15, -0.1) is 0 Å². The average Bonchev–Trinajstić information content (AvgIpc) is 3.07. The third-order valence-electron chi connectivity index (χ3n) is 4.83. The Morgan fingerprint density at radius 1 is 1.03 bits per heavy atom. The topological polar surface area (TPSA) is 44.1 Å². The van der Waals surface area contributed by atoms with Gasteiger partial charge in [0.15, 0.2) is 0 Å². The van der Waals surface area contributed by atoms with E-state index < -0.39 is 0 Å². The zero-order valence-corrected chi connectivity index (χ0v) is 16.9. The van der Waals surface area contributed by atoms with Crippen LogP contribution in [0.1, 0.15) is 34.2 Å². The molecular formula is C24H21ClN2O2. The number of carbonyl (C=O) groups excluding carboxylic acids is 1. The summed E-state index contributed by atoms with van der Waals surface area (Å²) < 4.78 is 7.30. The van der Waals surface area contributed by atoms with Crippen molar-refractivity contribution in [3.63, 3.8) is 0 Å². The predicted molar refractivity (Wildman–Crippen MR) is 115 cm³/mol. The SMILES string of the molecule is CCOC(=O)c1ccc2nc(Cc3ccccc3)n(Cc3ccccc3Cl)c2c1. The molecule has 0 unspecified atom stereocenters. The van der Waals surface area contributed by atoms with Crippen LogP contribution in [0, 0.1) is 0 Å². The van der Waals surface area contributed by atoms with Crippen molar-refractivity contribution in [2.75, 3.05) is 6.61 Å². The van der Waals surface area contributed by atoms with Crippen molar-refractivity contribution in [2.24, 2.45) is 0 Å². The summed E-state index contributed by atoms with van der Waals surface area (Å²) in [5.41, 5.74) is 4.43. The van der Waals surface area contributed by atoms with Crippen LogP contribution in [-0.4, -0.2) is 22.1 Å². The summed E-state index contributed by atoms with van der Waals surface area (Å²) in [5, 5.41) is 0.710. The maximum absolute atomic E-state index is 12.2. The molecule has 1 heterocycles. The van der Waals surface area contributed by atoms with Gasteiger partial charge >= 0.3 is 5.97 Å². The fourth-order valence-electron chi connectivity index (χ4n) is 3.40. The van der Waals surface area contributed by atoms with Gasteiger partial charge in [-0.1, -0.05) is 60.1 Å². The van der Waals surface area contributed by atoms with Crippen LogP contribution in [0.4, 0.5) is 0 Å². The Bertz CT molecular complexity index is 1150. The van der Waals surface area contributed by atoms with E-state index in [0.29, 0.717) is 30.2 Å². The Morgan fingerprint density at radius 3 is 2.55 bits per heavy atom. The molecule has 0 aliphatic rings. The van der Waals surface area contributed by atoms with E-state index in [1.165, 1.54) is 5.56 Å². The third-order valence-corrected chi connectivity index (χ3v) is 5.20. The number of carbonyl (C=O) groups is 1. The van der Waals surface area contributed by atoms with Crippen LogP contribution in [0.15, 0.2) is 72.8 Å².